The van der Waals surface area contributed by atoms with E-state index in [4.69, 9.17) is 4.74 Å². The van der Waals surface area contributed by atoms with Crippen molar-refractivity contribution in [3.63, 3.8) is 0 Å². The smallest absolute Gasteiger partial charge is 0.337 e. The van der Waals surface area contributed by atoms with E-state index in [0.717, 1.165) is 24.0 Å². The van der Waals surface area contributed by atoms with E-state index in [1.54, 1.807) is 24.3 Å². The molecule has 138 valence electrons. The third-order valence-electron chi connectivity index (χ3n) is 5.34. The monoisotopic (exact) mass is 364 g/mol. The number of amides is 3. The number of urea groups is 1. The predicted octanol–water partition coefficient (Wildman–Crippen LogP) is 2.76. The molecular weight excluding hydrogens is 344 g/mol. The summed E-state index contributed by atoms with van der Waals surface area (Å²) >= 11 is 0. The minimum atomic E-state index is -0.980. The summed E-state index contributed by atoms with van der Waals surface area (Å²) in [7, 11) is 1.32. The average molecular weight is 364 g/mol. The van der Waals surface area contributed by atoms with E-state index in [-0.39, 0.29) is 12.5 Å². The Hall–Kier alpha value is -3.15. The Morgan fingerprint density at radius 3 is 2.81 bits per heavy atom. The molecular formula is C21H20N2O4. The highest BCUT2D eigenvalue weighted by atomic mass is 16.5. The molecule has 1 spiro atoms. The first-order chi connectivity index (χ1) is 13.0. The van der Waals surface area contributed by atoms with Crippen molar-refractivity contribution in [2.75, 3.05) is 7.11 Å². The Balaban J connectivity index is 1.65. The second kappa shape index (κ2) is 6.54. The number of ether oxygens (including phenoxy) is 1. The Bertz CT molecular complexity index is 939. The van der Waals surface area contributed by atoms with Crippen LogP contribution in [0.4, 0.5) is 4.79 Å². The first-order valence-electron chi connectivity index (χ1n) is 8.95. The molecule has 0 unspecified atom stereocenters. The third-order valence-corrected chi connectivity index (χ3v) is 5.34. The largest absolute Gasteiger partial charge is 0.465 e. The molecule has 4 rings (SSSR count). The van der Waals surface area contributed by atoms with Gasteiger partial charge in [-0.05, 0) is 48.1 Å². The molecule has 1 saturated heterocycles. The van der Waals surface area contributed by atoms with Gasteiger partial charge in [-0.25, -0.2) is 9.59 Å². The zero-order chi connectivity index (χ0) is 19.0. The van der Waals surface area contributed by atoms with Crippen molar-refractivity contribution in [2.45, 2.75) is 31.3 Å². The van der Waals surface area contributed by atoms with Crippen LogP contribution in [0, 0.1) is 0 Å². The first kappa shape index (κ1) is 17.3. The molecule has 1 aliphatic heterocycles. The number of hydrogen-bond donors (Lipinski definition) is 1. The highest BCUT2D eigenvalue weighted by Crippen LogP contribution is 2.40. The second-order valence-corrected chi connectivity index (χ2v) is 6.93. The molecule has 1 aliphatic carbocycles. The van der Waals surface area contributed by atoms with Crippen molar-refractivity contribution in [2.24, 2.45) is 0 Å². The molecule has 27 heavy (non-hydrogen) atoms. The maximum atomic E-state index is 13.3. The van der Waals surface area contributed by atoms with Gasteiger partial charge in [0, 0.05) is 0 Å². The molecule has 0 saturated carbocycles. The number of rotatable bonds is 3. The highest BCUT2D eigenvalue weighted by molar-refractivity contribution is 6.07. The fraction of sp³-hybridized carbons (Fsp3) is 0.286. The van der Waals surface area contributed by atoms with Crippen molar-refractivity contribution in [1.29, 1.82) is 0 Å². The fourth-order valence-electron chi connectivity index (χ4n) is 4.05. The van der Waals surface area contributed by atoms with E-state index in [0.29, 0.717) is 17.5 Å². The Morgan fingerprint density at radius 1 is 1.19 bits per heavy atom. The molecule has 1 N–H and O–H groups in total. The van der Waals surface area contributed by atoms with E-state index < -0.39 is 17.5 Å². The molecule has 0 bridgehead atoms. The van der Waals surface area contributed by atoms with Crippen LogP contribution in [0.2, 0.25) is 0 Å². The van der Waals surface area contributed by atoms with Gasteiger partial charge in [0.2, 0.25) is 0 Å². The van der Waals surface area contributed by atoms with Crippen molar-refractivity contribution in [3.05, 3.63) is 70.8 Å². The zero-order valence-electron chi connectivity index (χ0n) is 15.0. The maximum absolute atomic E-state index is 13.3. The molecule has 0 aromatic heterocycles. The number of methoxy groups -OCH3 is 1. The van der Waals surface area contributed by atoms with E-state index in [9.17, 15) is 14.4 Å². The van der Waals surface area contributed by atoms with Crippen LogP contribution in [0.25, 0.3) is 0 Å². The van der Waals surface area contributed by atoms with E-state index >= 15 is 0 Å². The van der Waals surface area contributed by atoms with Crippen LogP contribution in [0.15, 0.2) is 48.5 Å². The van der Waals surface area contributed by atoms with Crippen LogP contribution < -0.4 is 5.32 Å². The third kappa shape index (κ3) is 2.77. The summed E-state index contributed by atoms with van der Waals surface area (Å²) in [5.41, 5.74) is 2.10. The minimum Gasteiger partial charge on any atom is -0.465 e. The lowest BCUT2D eigenvalue weighted by Crippen LogP contribution is -2.46. The topological polar surface area (TPSA) is 75.7 Å². The molecule has 1 fully saturated rings. The Morgan fingerprint density at radius 2 is 2.00 bits per heavy atom. The normalized spacial score (nSPS) is 21.1. The van der Waals surface area contributed by atoms with Gasteiger partial charge in [0.25, 0.3) is 5.91 Å². The molecule has 0 radical (unpaired) electrons. The minimum absolute atomic E-state index is 0.111. The summed E-state index contributed by atoms with van der Waals surface area (Å²) < 4.78 is 4.73. The number of carbonyl (C=O) groups is 3. The van der Waals surface area contributed by atoms with Crippen LogP contribution >= 0.6 is 0 Å². The highest BCUT2D eigenvalue weighted by Gasteiger charge is 2.53. The SMILES string of the molecule is COC(=O)c1cccc(CN2C(=O)N[C@@]3(CCCc4ccccc43)C2=O)c1. The Kier molecular flexibility index (Phi) is 4.18. The molecule has 1 atom stereocenters. The summed E-state index contributed by atoms with van der Waals surface area (Å²) in [6, 6.07) is 14.2. The van der Waals surface area contributed by atoms with E-state index in [1.807, 2.05) is 24.3 Å². The van der Waals surface area contributed by atoms with Gasteiger partial charge in [0.15, 0.2) is 0 Å². The summed E-state index contributed by atoms with van der Waals surface area (Å²) in [4.78, 5) is 38.9. The molecule has 3 amide bonds. The molecule has 2 aromatic carbocycles. The van der Waals surface area contributed by atoms with Crippen molar-refractivity contribution >= 4 is 17.9 Å². The molecule has 1 heterocycles. The summed E-state index contributed by atoms with van der Waals surface area (Å²) in [5, 5.41) is 2.94. The van der Waals surface area contributed by atoms with Gasteiger partial charge >= 0.3 is 12.0 Å². The number of carbonyl (C=O) groups excluding carboxylic acids is 3. The van der Waals surface area contributed by atoms with Gasteiger partial charge in [-0.1, -0.05) is 36.4 Å². The lowest BCUT2D eigenvalue weighted by Gasteiger charge is -2.33. The molecule has 6 nitrogen and oxygen atoms in total. The van der Waals surface area contributed by atoms with Gasteiger partial charge in [-0.15, -0.1) is 0 Å². The van der Waals surface area contributed by atoms with Crippen LogP contribution in [-0.2, 0) is 28.0 Å². The van der Waals surface area contributed by atoms with Crippen molar-refractivity contribution in [1.82, 2.24) is 10.2 Å². The molecule has 2 aliphatic rings. The lowest BCUT2D eigenvalue weighted by atomic mass is 9.76. The quantitative estimate of drug-likeness (QED) is 0.671. The molecule has 2 aromatic rings. The maximum Gasteiger partial charge on any atom is 0.337 e. The van der Waals surface area contributed by atoms with E-state index in [2.05, 4.69) is 5.32 Å². The first-order valence-corrected chi connectivity index (χ1v) is 8.95. The number of imide groups is 1. The zero-order valence-corrected chi connectivity index (χ0v) is 15.0. The Labute approximate surface area is 157 Å². The number of esters is 1. The van der Waals surface area contributed by atoms with Gasteiger partial charge in [0.05, 0.1) is 19.2 Å². The van der Waals surface area contributed by atoms with Crippen LogP contribution in [0.5, 0.6) is 0 Å². The van der Waals surface area contributed by atoms with Crippen LogP contribution in [0.1, 0.15) is 39.9 Å². The summed E-state index contributed by atoms with van der Waals surface area (Å²) in [6.07, 6.45) is 2.34. The van der Waals surface area contributed by atoms with Gasteiger partial charge < -0.3 is 10.1 Å². The number of nitrogens with one attached hydrogen (secondary N) is 1. The van der Waals surface area contributed by atoms with Crippen LogP contribution in [-0.4, -0.2) is 29.9 Å². The van der Waals surface area contributed by atoms with E-state index in [1.165, 1.54) is 12.0 Å². The number of benzene rings is 2. The lowest BCUT2D eigenvalue weighted by molar-refractivity contribution is -0.132. The van der Waals surface area contributed by atoms with Crippen molar-refractivity contribution in [3.8, 4) is 0 Å². The van der Waals surface area contributed by atoms with Crippen molar-refractivity contribution < 1.29 is 19.1 Å². The number of aryl methyl sites for hydroxylation is 1. The number of hydrogen-bond acceptors (Lipinski definition) is 4. The van der Waals surface area contributed by atoms with Gasteiger partial charge in [0.1, 0.15) is 5.54 Å². The van der Waals surface area contributed by atoms with Gasteiger partial charge in [-0.3, -0.25) is 9.69 Å². The fourth-order valence-corrected chi connectivity index (χ4v) is 4.05. The predicted molar refractivity (Wildman–Crippen MR) is 97.9 cm³/mol. The van der Waals surface area contributed by atoms with Crippen LogP contribution in [0.3, 0.4) is 0 Å². The number of nitrogens with zero attached hydrogens (tertiary/aromatic N) is 1. The summed E-state index contributed by atoms with van der Waals surface area (Å²) in [6.45, 7) is 0.111. The average Bonchev–Trinajstić information content (AvgIpc) is 2.93. The van der Waals surface area contributed by atoms with Gasteiger partial charge in [-0.2, -0.15) is 0 Å². The second-order valence-electron chi connectivity index (χ2n) is 6.93. The summed E-state index contributed by atoms with van der Waals surface area (Å²) in [5.74, 6) is -0.685. The standard InChI is InChI=1S/C21H20N2O4/c1-27-18(24)16-8-4-6-14(12-16)13-23-19(25)21(22-20(23)26)11-5-9-15-7-2-3-10-17(15)21/h2-4,6-8,10,12H,5,9,11,13H2,1H3,(H,22,26)/t21-/m1/s1. The molecule has 6 heteroatoms. The number of fused-ring (bicyclic) bond motifs is 2.